The van der Waals surface area contributed by atoms with Crippen LogP contribution in [0.3, 0.4) is 0 Å². The van der Waals surface area contributed by atoms with E-state index in [-0.39, 0.29) is 5.41 Å². The number of hydrogen-bond acceptors (Lipinski definition) is 3. The van der Waals surface area contributed by atoms with Gasteiger partial charge in [-0.15, -0.1) is 0 Å². The fraction of sp³-hybridized carbons (Fsp3) is 0.714. The van der Waals surface area contributed by atoms with Crippen molar-refractivity contribution in [2.75, 3.05) is 20.1 Å². The molecular weight excluding hydrogens is 274 g/mol. The van der Waals surface area contributed by atoms with E-state index in [2.05, 4.69) is 24.1 Å². The SMILES string of the molecule is CCC1(CC)CCN(S(=O)(=O)c2c[nH]c(CNC)c2)C1. The summed E-state index contributed by atoms with van der Waals surface area (Å²) in [6.45, 7) is 6.23. The molecule has 5 nitrogen and oxygen atoms in total. The Bertz CT molecular complexity index is 547. The molecule has 2 heterocycles. The molecule has 0 spiro atoms. The predicted molar refractivity (Wildman–Crippen MR) is 79.9 cm³/mol. The van der Waals surface area contributed by atoms with Gasteiger partial charge < -0.3 is 10.3 Å². The minimum atomic E-state index is -3.35. The van der Waals surface area contributed by atoms with E-state index >= 15 is 0 Å². The Hall–Kier alpha value is -0.850. The fourth-order valence-corrected chi connectivity index (χ4v) is 4.51. The van der Waals surface area contributed by atoms with Crippen LogP contribution in [0.4, 0.5) is 0 Å². The molecule has 2 rings (SSSR count). The molecule has 1 aromatic rings. The Morgan fingerprint density at radius 3 is 2.65 bits per heavy atom. The molecule has 0 saturated carbocycles. The molecule has 1 aliphatic rings. The number of nitrogens with zero attached hydrogens (tertiary/aromatic N) is 1. The number of rotatable bonds is 6. The molecular formula is C14H25N3O2S. The average Bonchev–Trinajstić information content (AvgIpc) is 3.06. The molecule has 114 valence electrons. The lowest BCUT2D eigenvalue weighted by Crippen LogP contribution is -2.31. The van der Waals surface area contributed by atoms with Gasteiger partial charge in [-0.2, -0.15) is 4.31 Å². The molecule has 1 aliphatic heterocycles. The molecule has 0 amide bonds. The highest BCUT2D eigenvalue weighted by molar-refractivity contribution is 7.89. The third-order valence-electron chi connectivity index (χ3n) is 4.62. The summed E-state index contributed by atoms with van der Waals surface area (Å²) < 4.78 is 27.0. The molecule has 0 aromatic carbocycles. The third kappa shape index (κ3) is 2.77. The zero-order chi connectivity index (χ0) is 14.8. The molecule has 0 atom stereocenters. The van der Waals surface area contributed by atoms with Crippen molar-refractivity contribution in [3.05, 3.63) is 18.0 Å². The number of sulfonamides is 1. The van der Waals surface area contributed by atoms with E-state index in [1.165, 1.54) is 0 Å². The van der Waals surface area contributed by atoms with Crippen molar-refractivity contribution in [1.82, 2.24) is 14.6 Å². The van der Waals surface area contributed by atoms with Gasteiger partial charge in [0.2, 0.25) is 10.0 Å². The van der Waals surface area contributed by atoms with Gasteiger partial charge in [-0.3, -0.25) is 0 Å². The van der Waals surface area contributed by atoms with Crippen LogP contribution < -0.4 is 5.32 Å². The molecule has 0 bridgehead atoms. The first-order valence-electron chi connectivity index (χ1n) is 7.29. The molecule has 1 aromatic heterocycles. The van der Waals surface area contributed by atoms with Crippen LogP contribution in [0.25, 0.3) is 0 Å². The largest absolute Gasteiger partial charge is 0.363 e. The van der Waals surface area contributed by atoms with E-state index < -0.39 is 10.0 Å². The lowest BCUT2D eigenvalue weighted by Gasteiger charge is -2.26. The van der Waals surface area contributed by atoms with Crippen LogP contribution in [-0.4, -0.2) is 37.8 Å². The second kappa shape index (κ2) is 5.87. The zero-order valence-corrected chi connectivity index (χ0v) is 13.4. The van der Waals surface area contributed by atoms with Gasteiger partial charge in [0.1, 0.15) is 0 Å². The molecule has 20 heavy (non-hydrogen) atoms. The zero-order valence-electron chi connectivity index (χ0n) is 12.6. The number of nitrogens with one attached hydrogen (secondary N) is 2. The van der Waals surface area contributed by atoms with Crippen LogP contribution in [0, 0.1) is 5.41 Å². The van der Waals surface area contributed by atoms with Crippen molar-refractivity contribution < 1.29 is 8.42 Å². The van der Waals surface area contributed by atoms with E-state index in [1.54, 1.807) is 16.6 Å². The van der Waals surface area contributed by atoms with Gasteiger partial charge in [-0.05, 0) is 37.8 Å². The van der Waals surface area contributed by atoms with E-state index in [4.69, 9.17) is 0 Å². The Kier molecular flexibility index (Phi) is 4.56. The average molecular weight is 299 g/mol. The predicted octanol–water partition coefficient (Wildman–Crippen LogP) is 1.93. The van der Waals surface area contributed by atoms with Gasteiger partial charge in [0, 0.05) is 31.5 Å². The van der Waals surface area contributed by atoms with E-state index in [0.717, 1.165) is 25.0 Å². The highest BCUT2D eigenvalue weighted by atomic mass is 32.2. The Balaban J connectivity index is 2.19. The Morgan fingerprint density at radius 1 is 1.40 bits per heavy atom. The van der Waals surface area contributed by atoms with Crippen molar-refractivity contribution in [3.63, 3.8) is 0 Å². The van der Waals surface area contributed by atoms with Crippen LogP contribution in [0.5, 0.6) is 0 Å². The monoisotopic (exact) mass is 299 g/mol. The fourth-order valence-electron chi connectivity index (χ4n) is 2.94. The smallest absolute Gasteiger partial charge is 0.244 e. The summed E-state index contributed by atoms with van der Waals surface area (Å²) in [6.07, 6.45) is 4.63. The van der Waals surface area contributed by atoms with Gasteiger partial charge in [0.05, 0.1) is 4.90 Å². The van der Waals surface area contributed by atoms with Crippen LogP contribution in [-0.2, 0) is 16.6 Å². The van der Waals surface area contributed by atoms with E-state index in [0.29, 0.717) is 24.5 Å². The van der Waals surface area contributed by atoms with Crippen molar-refractivity contribution in [3.8, 4) is 0 Å². The quantitative estimate of drug-likeness (QED) is 0.843. The van der Waals surface area contributed by atoms with Crippen molar-refractivity contribution in [1.29, 1.82) is 0 Å². The molecule has 6 heteroatoms. The summed E-state index contributed by atoms with van der Waals surface area (Å²) in [5, 5.41) is 3.01. The summed E-state index contributed by atoms with van der Waals surface area (Å²) in [5.74, 6) is 0. The van der Waals surface area contributed by atoms with Gasteiger partial charge in [0.25, 0.3) is 0 Å². The highest BCUT2D eigenvalue weighted by Gasteiger charge is 2.40. The van der Waals surface area contributed by atoms with Gasteiger partial charge >= 0.3 is 0 Å². The summed E-state index contributed by atoms with van der Waals surface area (Å²) in [6, 6.07) is 1.73. The Morgan fingerprint density at radius 2 is 2.10 bits per heavy atom. The standard InChI is InChI=1S/C14H25N3O2S/c1-4-14(5-2)6-7-17(11-14)20(18,19)13-8-12(9-15-3)16-10-13/h8,10,15-16H,4-7,9,11H2,1-3H3. The van der Waals surface area contributed by atoms with Crippen LogP contribution in [0.1, 0.15) is 38.8 Å². The number of hydrogen-bond donors (Lipinski definition) is 2. The molecule has 1 fully saturated rings. The maximum atomic E-state index is 12.7. The van der Waals surface area contributed by atoms with Crippen LogP contribution in [0.2, 0.25) is 0 Å². The number of aromatic amines is 1. The van der Waals surface area contributed by atoms with Gasteiger partial charge in [-0.1, -0.05) is 13.8 Å². The van der Waals surface area contributed by atoms with Crippen LogP contribution >= 0.6 is 0 Å². The first-order valence-corrected chi connectivity index (χ1v) is 8.73. The summed E-state index contributed by atoms with van der Waals surface area (Å²) in [5.41, 5.74) is 1.06. The first kappa shape index (κ1) is 15.5. The maximum absolute atomic E-state index is 12.7. The minimum Gasteiger partial charge on any atom is -0.363 e. The topological polar surface area (TPSA) is 65.2 Å². The minimum absolute atomic E-state index is 0.164. The maximum Gasteiger partial charge on any atom is 0.244 e. The molecule has 0 radical (unpaired) electrons. The molecule has 1 saturated heterocycles. The second-order valence-corrected chi connectivity index (χ2v) is 7.62. The van der Waals surface area contributed by atoms with Crippen LogP contribution in [0.15, 0.2) is 17.2 Å². The van der Waals surface area contributed by atoms with Crippen molar-refractivity contribution in [2.24, 2.45) is 5.41 Å². The summed E-state index contributed by atoms with van der Waals surface area (Å²) in [7, 11) is -1.51. The molecule has 0 unspecified atom stereocenters. The van der Waals surface area contributed by atoms with Crippen molar-refractivity contribution >= 4 is 10.0 Å². The van der Waals surface area contributed by atoms with E-state index in [9.17, 15) is 8.42 Å². The second-order valence-electron chi connectivity index (χ2n) is 5.69. The summed E-state index contributed by atoms with van der Waals surface area (Å²) in [4.78, 5) is 3.40. The van der Waals surface area contributed by atoms with Gasteiger partial charge in [0.15, 0.2) is 0 Å². The van der Waals surface area contributed by atoms with Gasteiger partial charge in [-0.25, -0.2) is 8.42 Å². The highest BCUT2D eigenvalue weighted by Crippen LogP contribution is 2.39. The first-order chi connectivity index (χ1) is 9.47. The third-order valence-corrected chi connectivity index (χ3v) is 6.45. The lowest BCUT2D eigenvalue weighted by atomic mass is 9.82. The van der Waals surface area contributed by atoms with E-state index in [1.807, 2.05) is 7.05 Å². The number of aromatic nitrogens is 1. The molecule has 0 aliphatic carbocycles. The lowest BCUT2D eigenvalue weighted by molar-refractivity contribution is 0.279. The van der Waals surface area contributed by atoms with Crippen molar-refractivity contribution in [2.45, 2.75) is 44.6 Å². The Labute approximate surface area is 121 Å². The number of H-pyrrole nitrogens is 1. The normalized spacial score (nSPS) is 19.6. The molecule has 2 N–H and O–H groups in total. The summed E-state index contributed by atoms with van der Waals surface area (Å²) >= 11 is 0.